The summed E-state index contributed by atoms with van der Waals surface area (Å²) < 4.78 is 15.6. The first-order chi connectivity index (χ1) is 14.9. The van der Waals surface area contributed by atoms with Crippen LogP contribution in [0.5, 0.6) is 11.5 Å². The zero-order valence-electron chi connectivity index (χ0n) is 17.2. The summed E-state index contributed by atoms with van der Waals surface area (Å²) in [6.07, 6.45) is 1.68. The Morgan fingerprint density at radius 1 is 1.26 bits per heavy atom. The topological polar surface area (TPSA) is 86.2 Å². The van der Waals surface area contributed by atoms with Gasteiger partial charge in [0.25, 0.3) is 5.91 Å². The number of aryl methyl sites for hydroxylation is 1. The summed E-state index contributed by atoms with van der Waals surface area (Å²) in [7, 11) is 1.46. The van der Waals surface area contributed by atoms with Gasteiger partial charge < -0.3 is 19.5 Å². The molecule has 1 aliphatic heterocycles. The molecule has 2 aromatic rings. The monoisotopic (exact) mass is 460 g/mol. The van der Waals surface area contributed by atoms with Crippen LogP contribution in [0.2, 0.25) is 5.02 Å². The molecule has 31 heavy (non-hydrogen) atoms. The number of rotatable bonds is 7. The molecule has 0 saturated carbocycles. The second-order valence-corrected chi connectivity index (χ2v) is 7.88. The summed E-state index contributed by atoms with van der Waals surface area (Å²) >= 11 is 7.56. The van der Waals surface area contributed by atoms with Crippen LogP contribution in [0.3, 0.4) is 0 Å². The average Bonchev–Trinajstić information content (AvgIpc) is 3.07. The van der Waals surface area contributed by atoms with Crippen molar-refractivity contribution in [3.63, 3.8) is 0 Å². The first kappa shape index (κ1) is 22.7. The minimum Gasteiger partial charge on any atom is -0.493 e. The Bertz CT molecular complexity index is 1050. The Morgan fingerprint density at radius 3 is 2.68 bits per heavy atom. The van der Waals surface area contributed by atoms with Crippen molar-refractivity contribution in [2.75, 3.05) is 20.3 Å². The first-order valence-corrected chi connectivity index (χ1v) is 10.6. The van der Waals surface area contributed by atoms with E-state index >= 15 is 0 Å². The third-order valence-corrected chi connectivity index (χ3v) is 5.30. The SMILES string of the molecule is CCOC(=O)COc1c(Cl)cc(/C=C2/SC(=Nc3ccc(C)cc3)NC2=O)cc1OC. The van der Waals surface area contributed by atoms with Gasteiger partial charge >= 0.3 is 5.97 Å². The highest BCUT2D eigenvalue weighted by Gasteiger charge is 2.24. The van der Waals surface area contributed by atoms with Crippen molar-refractivity contribution >= 4 is 52.2 Å². The number of thioether (sulfide) groups is 1. The van der Waals surface area contributed by atoms with Crippen molar-refractivity contribution < 1.29 is 23.8 Å². The minimum absolute atomic E-state index is 0.226. The molecular formula is C22H21ClN2O5S. The van der Waals surface area contributed by atoms with Gasteiger partial charge in [-0.05, 0) is 61.5 Å². The van der Waals surface area contributed by atoms with Gasteiger partial charge in [-0.25, -0.2) is 9.79 Å². The van der Waals surface area contributed by atoms with Crippen LogP contribution in [0.1, 0.15) is 18.1 Å². The first-order valence-electron chi connectivity index (χ1n) is 9.41. The molecule has 2 aromatic carbocycles. The number of ether oxygens (including phenoxy) is 3. The van der Waals surface area contributed by atoms with Crippen LogP contribution >= 0.6 is 23.4 Å². The van der Waals surface area contributed by atoms with Gasteiger partial charge in [0.2, 0.25) is 0 Å². The highest BCUT2D eigenvalue weighted by molar-refractivity contribution is 8.18. The van der Waals surface area contributed by atoms with Gasteiger partial charge in [0.05, 0.1) is 29.3 Å². The number of esters is 1. The molecule has 1 aliphatic rings. The molecule has 1 saturated heterocycles. The van der Waals surface area contributed by atoms with Crippen LogP contribution in [-0.2, 0) is 14.3 Å². The Morgan fingerprint density at radius 2 is 2.00 bits per heavy atom. The Hall–Kier alpha value is -2.97. The number of halogens is 1. The zero-order chi connectivity index (χ0) is 22.4. The molecule has 7 nitrogen and oxygen atoms in total. The maximum atomic E-state index is 12.4. The van der Waals surface area contributed by atoms with Crippen LogP contribution in [0.25, 0.3) is 6.08 Å². The van der Waals surface area contributed by atoms with Gasteiger partial charge in [-0.2, -0.15) is 0 Å². The van der Waals surface area contributed by atoms with Gasteiger partial charge in [0, 0.05) is 0 Å². The van der Waals surface area contributed by atoms with E-state index in [1.54, 1.807) is 25.1 Å². The molecule has 3 rings (SSSR count). The number of nitrogens with one attached hydrogen (secondary N) is 1. The second-order valence-electron chi connectivity index (χ2n) is 6.45. The number of carbonyl (C=O) groups is 2. The maximum Gasteiger partial charge on any atom is 0.344 e. The number of nitrogens with zero attached hydrogens (tertiary/aromatic N) is 1. The van der Waals surface area contributed by atoms with E-state index in [4.69, 9.17) is 25.8 Å². The van der Waals surface area contributed by atoms with Gasteiger partial charge in [-0.15, -0.1) is 0 Å². The largest absolute Gasteiger partial charge is 0.493 e. The number of amides is 1. The van der Waals surface area contributed by atoms with Gasteiger partial charge in [-0.1, -0.05) is 29.3 Å². The molecular weight excluding hydrogens is 440 g/mol. The van der Waals surface area contributed by atoms with E-state index < -0.39 is 5.97 Å². The normalized spacial score (nSPS) is 15.8. The molecule has 0 bridgehead atoms. The lowest BCUT2D eigenvalue weighted by Crippen LogP contribution is -2.19. The summed E-state index contributed by atoms with van der Waals surface area (Å²) in [6, 6.07) is 11.0. The molecule has 0 unspecified atom stereocenters. The highest BCUT2D eigenvalue weighted by atomic mass is 35.5. The van der Waals surface area contributed by atoms with Crippen LogP contribution in [0.4, 0.5) is 5.69 Å². The summed E-state index contributed by atoms with van der Waals surface area (Å²) in [5.74, 6) is -0.204. The quantitative estimate of drug-likeness (QED) is 0.484. The smallest absolute Gasteiger partial charge is 0.344 e. The Labute approximate surface area is 189 Å². The molecule has 0 aliphatic carbocycles. The molecule has 1 fully saturated rings. The van der Waals surface area contributed by atoms with Crippen molar-refractivity contribution in [1.82, 2.24) is 5.32 Å². The van der Waals surface area contributed by atoms with E-state index in [1.165, 1.54) is 18.9 Å². The third kappa shape index (κ3) is 6.02. The lowest BCUT2D eigenvalue weighted by atomic mass is 10.2. The number of carbonyl (C=O) groups excluding carboxylic acids is 2. The van der Waals surface area contributed by atoms with Crippen molar-refractivity contribution in [2.24, 2.45) is 4.99 Å². The molecule has 9 heteroatoms. The van der Waals surface area contributed by atoms with Crippen LogP contribution in [0.15, 0.2) is 46.3 Å². The number of hydrogen-bond acceptors (Lipinski definition) is 7. The highest BCUT2D eigenvalue weighted by Crippen LogP contribution is 2.38. The number of hydrogen-bond donors (Lipinski definition) is 1. The van der Waals surface area contributed by atoms with E-state index in [9.17, 15) is 9.59 Å². The summed E-state index contributed by atoms with van der Waals surface area (Å²) in [5.41, 5.74) is 2.52. The third-order valence-electron chi connectivity index (χ3n) is 4.10. The standard InChI is InChI=1S/C22H21ClN2O5S/c1-4-29-19(26)12-30-20-16(23)9-14(10-17(20)28-3)11-18-21(27)25-22(31-18)24-15-7-5-13(2)6-8-15/h5-11H,4,12H2,1-3H3,(H,24,25,27)/b18-11+. The fourth-order valence-corrected chi connectivity index (χ4v) is 3.78. The molecule has 162 valence electrons. The average molecular weight is 461 g/mol. The van der Waals surface area contributed by atoms with E-state index in [-0.39, 0.29) is 29.9 Å². The van der Waals surface area contributed by atoms with E-state index in [2.05, 4.69) is 10.3 Å². The predicted molar refractivity (Wildman–Crippen MR) is 122 cm³/mol. The van der Waals surface area contributed by atoms with E-state index in [0.717, 1.165) is 11.3 Å². The molecule has 0 aromatic heterocycles. The van der Waals surface area contributed by atoms with Crippen molar-refractivity contribution in [3.05, 3.63) is 57.5 Å². The molecule has 0 spiro atoms. The number of aliphatic imine (C=N–C) groups is 1. The maximum absolute atomic E-state index is 12.4. The second kappa shape index (κ2) is 10.4. The van der Waals surface area contributed by atoms with Crippen LogP contribution < -0.4 is 14.8 Å². The molecule has 0 radical (unpaired) electrons. The van der Waals surface area contributed by atoms with Crippen molar-refractivity contribution in [2.45, 2.75) is 13.8 Å². The minimum atomic E-state index is -0.508. The number of amidine groups is 1. The fraction of sp³-hybridized carbons (Fsp3) is 0.227. The fourth-order valence-electron chi connectivity index (χ4n) is 2.67. The number of benzene rings is 2. The van der Waals surface area contributed by atoms with Gasteiger partial charge in [0.15, 0.2) is 23.3 Å². The van der Waals surface area contributed by atoms with Crippen LogP contribution in [0, 0.1) is 6.92 Å². The summed E-state index contributed by atoms with van der Waals surface area (Å²) in [4.78, 5) is 28.8. The summed E-state index contributed by atoms with van der Waals surface area (Å²) in [6.45, 7) is 3.67. The van der Waals surface area contributed by atoms with Gasteiger partial charge in [0.1, 0.15) is 0 Å². The molecule has 1 heterocycles. The van der Waals surface area contributed by atoms with E-state index in [0.29, 0.717) is 21.4 Å². The zero-order valence-corrected chi connectivity index (χ0v) is 18.8. The Balaban J connectivity index is 1.79. The number of methoxy groups -OCH3 is 1. The van der Waals surface area contributed by atoms with Crippen molar-refractivity contribution in [1.29, 1.82) is 0 Å². The van der Waals surface area contributed by atoms with E-state index in [1.807, 2.05) is 31.2 Å². The lowest BCUT2D eigenvalue weighted by Gasteiger charge is -2.13. The molecule has 1 amide bonds. The van der Waals surface area contributed by atoms with Crippen LogP contribution in [-0.4, -0.2) is 37.4 Å². The lowest BCUT2D eigenvalue weighted by molar-refractivity contribution is -0.145. The predicted octanol–water partition coefficient (Wildman–Crippen LogP) is 4.49. The van der Waals surface area contributed by atoms with Crippen molar-refractivity contribution in [3.8, 4) is 11.5 Å². The molecule has 1 N–H and O–H groups in total. The molecule has 0 atom stereocenters. The Kier molecular flexibility index (Phi) is 7.59. The summed E-state index contributed by atoms with van der Waals surface area (Å²) in [5, 5.41) is 3.49. The van der Waals surface area contributed by atoms with Gasteiger partial charge in [-0.3, -0.25) is 4.79 Å².